The summed E-state index contributed by atoms with van der Waals surface area (Å²) in [5.74, 6) is 0.139. The molecule has 1 amide bonds. The largest absolute Gasteiger partial charge is 0.464 e. The highest BCUT2D eigenvalue weighted by atomic mass is 16.5. The summed E-state index contributed by atoms with van der Waals surface area (Å²) >= 11 is 0. The molecule has 0 fully saturated rings. The van der Waals surface area contributed by atoms with Gasteiger partial charge in [-0.15, -0.1) is 0 Å². The highest BCUT2D eigenvalue weighted by Crippen LogP contribution is 1.98. The number of nitrogens with one attached hydrogen (secondary N) is 1. The average Bonchev–Trinajstić information content (AvgIpc) is 2.00. The van der Waals surface area contributed by atoms with Gasteiger partial charge in [0, 0.05) is 0 Å². The maximum Gasteiger partial charge on any atom is 0.325 e. The van der Waals surface area contributed by atoms with Gasteiger partial charge in [0.15, 0.2) is 0 Å². The van der Waals surface area contributed by atoms with Crippen LogP contribution in [-0.2, 0) is 14.3 Å². The Hall–Kier alpha value is -1.06. The van der Waals surface area contributed by atoms with Crippen LogP contribution in [0.5, 0.6) is 0 Å². The average molecular weight is 173 g/mol. The molecule has 0 aromatic carbocycles. The molecular formula is C8H15NO3. The van der Waals surface area contributed by atoms with Gasteiger partial charge in [0.2, 0.25) is 6.41 Å². The third-order valence-electron chi connectivity index (χ3n) is 1.29. The fourth-order valence-electron chi connectivity index (χ4n) is 0.584. The summed E-state index contributed by atoms with van der Waals surface area (Å²) in [7, 11) is 0. The molecule has 0 saturated heterocycles. The van der Waals surface area contributed by atoms with Crippen LogP contribution in [0.25, 0.3) is 0 Å². The quantitative estimate of drug-likeness (QED) is 0.465. The zero-order valence-corrected chi connectivity index (χ0v) is 7.50. The van der Waals surface area contributed by atoms with Gasteiger partial charge in [-0.2, -0.15) is 0 Å². The van der Waals surface area contributed by atoms with Crippen molar-refractivity contribution in [2.45, 2.75) is 20.3 Å². The second-order valence-electron chi connectivity index (χ2n) is 2.90. The van der Waals surface area contributed by atoms with E-state index in [1.54, 1.807) is 0 Å². The maximum absolute atomic E-state index is 10.7. The lowest BCUT2D eigenvalue weighted by Crippen LogP contribution is -2.23. The molecule has 0 saturated carbocycles. The van der Waals surface area contributed by atoms with E-state index in [-0.39, 0.29) is 12.5 Å². The van der Waals surface area contributed by atoms with E-state index in [1.165, 1.54) is 0 Å². The molecule has 0 rings (SSSR count). The first-order valence-electron chi connectivity index (χ1n) is 3.99. The molecule has 70 valence electrons. The minimum atomic E-state index is -0.386. The van der Waals surface area contributed by atoms with E-state index in [0.29, 0.717) is 18.9 Å². The monoisotopic (exact) mass is 173 g/mol. The van der Waals surface area contributed by atoms with Crippen LogP contribution in [0.3, 0.4) is 0 Å². The predicted molar refractivity (Wildman–Crippen MR) is 44.5 cm³/mol. The zero-order chi connectivity index (χ0) is 9.40. The first kappa shape index (κ1) is 10.9. The summed E-state index contributed by atoms with van der Waals surface area (Å²) in [6, 6.07) is 0. The van der Waals surface area contributed by atoms with Gasteiger partial charge in [-0.05, 0) is 12.3 Å². The molecule has 4 heteroatoms. The van der Waals surface area contributed by atoms with E-state index in [4.69, 9.17) is 4.74 Å². The smallest absolute Gasteiger partial charge is 0.325 e. The van der Waals surface area contributed by atoms with Crippen LogP contribution in [-0.4, -0.2) is 25.5 Å². The Morgan fingerprint density at radius 1 is 1.58 bits per heavy atom. The van der Waals surface area contributed by atoms with E-state index in [1.807, 2.05) is 0 Å². The zero-order valence-electron chi connectivity index (χ0n) is 7.50. The van der Waals surface area contributed by atoms with Crippen LogP contribution in [0.4, 0.5) is 0 Å². The fourth-order valence-corrected chi connectivity index (χ4v) is 0.584. The lowest BCUT2D eigenvalue weighted by molar-refractivity contribution is -0.143. The normalized spacial score (nSPS) is 9.58. The van der Waals surface area contributed by atoms with Crippen LogP contribution >= 0.6 is 0 Å². The molecule has 0 unspecified atom stereocenters. The Morgan fingerprint density at radius 3 is 2.75 bits per heavy atom. The van der Waals surface area contributed by atoms with Gasteiger partial charge in [-0.1, -0.05) is 13.8 Å². The Labute approximate surface area is 72.3 Å². The number of carbonyl (C=O) groups excluding carboxylic acids is 2. The van der Waals surface area contributed by atoms with Crippen molar-refractivity contribution in [3.8, 4) is 0 Å². The van der Waals surface area contributed by atoms with E-state index >= 15 is 0 Å². The molecule has 0 radical (unpaired) electrons. The van der Waals surface area contributed by atoms with Gasteiger partial charge in [-0.25, -0.2) is 0 Å². The van der Waals surface area contributed by atoms with Gasteiger partial charge in [0.05, 0.1) is 6.61 Å². The Balaban J connectivity index is 3.25. The maximum atomic E-state index is 10.7. The summed E-state index contributed by atoms with van der Waals surface area (Å²) in [4.78, 5) is 20.5. The van der Waals surface area contributed by atoms with E-state index < -0.39 is 0 Å². The molecule has 12 heavy (non-hydrogen) atoms. The van der Waals surface area contributed by atoms with Crippen LogP contribution in [0.1, 0.15) is 20.3 Å². The molecule has 0 aromatic rings. The summed E-state index contributed by atoms with van der Waals surface area (Å²) in [5.41, 5.74) is 0. The summed E-state index contributed by atoms with van der Waals surface area (Å²) in [6.07, 6.45) is 1.33. The summed E-state index contributed by atoms with van der Waals surface area (Å²) in [6.45, 7) is 4.49. The van der Waals surface area contributed by atoms with Crippen LogP contribution < -0.4 is 5.32 Å². The van der Waals surface area contributed by atoms with Gasteiger partial charge >= 0.3 is 5.97 Å². The van der Waals surface area contributed by atoms with E-state index in [9.17, 15) is 9.59 Å². The number of esters is 1. The number of amides is 1. The van der Waals surface area contributed by atoms with Crippen molar-refractivity contribution in [3.05, 3.63) is 0 Å². The summed E-state index contributed by atoms with van der Waals surface area (Å²) in [5, 5.41) is 2.23. The third-order valence-corrected chi connectivity index (χ3v) is 1.29. The van der Waals surface area contributed by atoms with E-state index in [0.717, 1.165) is 6.42 Å². The molecule has 0 atom stereocenters. The first-order valence-corrected chi connectivity index (χ1v) is 3.99. The SMILES string of the molecule is CC(C)CCOC(=O)CNC=O. The fraction of sp³-hybridized carbons (Fsp3) is 0.750. The lowest BCUT2D eigenvalue weighted by atomic mass is 10.1. The molecule has 0 aliphatic carbocycles. The van der Waals surface area contributed by atoms with Gasteiger partial charge < -0.3 is 10.1 Å². The third kappa shape index (κ3) is 7.05. The highest BCUT2D eigenvalue weighted by Gasteiger charge is 2.01. The first-order chi connectivity index (χ1) is 5.66. The van der Waals surface area contributed by atoms with Crippen molar-refractivity contribution in [2.24, 2.45) is 5.92 Å². The van der Waals surface area contributed by atoms with Crippen molar-refractivity contribution >= 4 is 12.4 Å². The molecule has 0 spiro atoms. The van der Waals surface area contributed by atoms with E-state index in [2.05, 4.69) is 19.2 Å². The molecule has 0 heterocycles. The standard InChI is InChI=1S/C8H15NO3/c1-7(2)3-4-12-8(11)5-9-6-10/h6-7H,3-5H2,1-2H3,(H,9,10). The molecule has 0 aliphatic rings. The number of rotatable bonds is 6. The van der Waals surface area contributed by atoms with Crippen molar-refractivity contribution in [3.63, 3.8) is 0 Å². The molecule has 0 bridgehead atoms. The lowest BCUT2D eigenvalue weighted by Gasteiger charge is -2.05. The topological polar surface area (TPSA) is 55.4 Å². The number of ether oxygens (including phenoxy) is 1. The number of hydrogen-bond donors (Lipinski definition) is 1. The Bertz CT molecular complexity index is 145. The Kier molecular flexibility index (Phi) is 6.05. The number of carbonyl (C=O) groups is 2. The van der Waals surface area contributed by atoms with Gasteiger partial charge in [0.1, 0.15) is 6.54 Å². The van der Waals surface area contributed by atoms with Gasteiger partial charge in [0.25, 0.3) is 0 Å². The van der Waals surface area contributed by atoms with Crippen LogP contribution in [0.2, 0.25) is 0 Å². The Morgan fingerprint density at radius 2 is 2.25 bits per heavy atom. The van der Waals surface area contributed by atoms with Crippen molar-refractivity contribution in [1.29, 1.82) is 0 Å². The van der Waals surface area contributed by atoms with Crippen LogP contribution in [0, 0.1) is 5.92 Å². The summed E-state index contributed by atoms with van der Waals surface area (Å²) < 4.78 is 4.79. The molecule has 4 nitrogen and oxygen atoms in total. The molecule has 1 N–H and O–H groups in total. The van der Waals surface area contributed by atoms with Crippen molar-refractivity contribution < 1.29 is 14.3 Å². The van der Waals surface area contributed by atoms with Crippen molar-refractivity contribution in [2.75, 3.05) is 13.2 Å². The molecule has 0 aliphatic heterocycles. The predicted octanol–water partition coefficient (Wildman–Crippen LogP) is 0.322. The molecule has 0 aromatic heterocycles. The molecular weight excluding hydrogens is 158 g/mol. The van der Waals surface area contributed by atoms with Gasteiger partial charge in [-0.3, -0.25) is 9.59 Å². The number of hydrogen-bond acceptors (Lipinski definition) is 3. The van der Waals surface area contributed by atoms with Crippen LogP contribution in [0.15, 0.2) is 0 Å². The highest BCUT2D eigenvalue weighted by molar-refractivity contribution is 5.73. The second kappa shape index (κ2) is 6.64. The minimum Gasteiger partial charge on any atom is -0.464 e. The van der Waals surface area contributed by atoms with Crippen molar-refractivity contribution in [1.82, 2.24) is 5.32 Å². The minimum absolute atomic E-state index is 0.0401. The second-order valence-corrected chi connectivity index (χ2v) is 2.90.